The fourth-order valence-corrected chi connectivity index (χ4v) is 3.00. The highest BCUT2D eigenvalue weighted by molar-refractivity contribution is 8.01. The average Bonchev–Trinajstić information content (AvgIpc) is 2.89. The Morgan fingerprint density at radius 3 is 3.00 bits per heavy atom. The highest BCUT2D eigenvalue weighted by Crippen LogP contribution is 2.28. The summed E-state index contributed by atoms with van der Waals surface area (Å²) in [6, 6.07) is 1.95. The lowest BCUT2D eigenvalue weighted by Gasteiger charge is -2.08. The lowest BCUT2D eigenvalue weighted by molar-refractivity contribution is 0.177. The number of hydrogen-bond acceptors (Lipinski definition) is 7. The predicted octanol–water partition coefficient (Wildman–Crippen LogP) is 3.05. The van der Waals surface area contributed by atoms with E-state index in [-0.39, 0.29) is 0 Å². The topological polar surface area (TPSA) is 59.9 Å². The summed E-state index contributed by atoms with van der Waals surface area (Å²) in [5, 5.41) is 6.12. The van der Waals surface area contributed by atoms with Crippen molar-refractivity contribution in [3.8, 4) is 0 Å². The first-order valence-electron chi connectivity index (χ1n) is 6.00. The summed E-state index contributed by atoms with van der Waals surface area (Å²) >= 11 is 3.14. The molecule has 0 saturated carbocycles. The van der Waals surface area contributed by atoms with Crippen LogP contribution >= 0.6 is 23.1 Å². The number of nitrogens with zero attached hydrogens (tertiary/aromatic N) is 3. The molecule has 19 heavy (non-hydrogen) atoms. The number of nitrogens with one attached hydrogen (secondary N) is 1. The number of rotatable bonds is 7. The Bertz CT molecular complexity index is 504. The summed E-state index contributed by atoms with van der Waals surface area (Å²) in [6.07, 6.45) is 2.85. The smallest absolute Gasteiger partial charge is 0.157 e. The third-order valence-electron chi connectivity index (χ3n) is 2.18. The fourth-order valence-electron chi connectivity index (χ4n) is 1.41. The molecule has 0 saturated heterocycles. The zero-order valence-electron chi connectivity index (χ0n) is 10.9. The van der Waals surface area contributed by atoms with Crippen molar-refractivity contribution in [2.75, 3.05) is 19.0 Å². The number of methoxy groups -OCH3 is 1. The van der Waals surface area contributed by atoms with Gasteiger partial charge in [0.2, 0.25) is 0 Å². The molecule has 2 aromatic rings. The van der Waals surface area contributed by atoms with Gasteiger partial charge >= 0.3 is 0 Å². The molecule has 102 valence electrons. The molecule has 0 aliphatic heterocycles. The Hall–Kier alpha value is -1.18. The summed E-state index contributed by atoms with van der Waals surface area (Å²) in [7, 11) is 1.64. The van der Waals surface area contributed by atoms with Crippen LogP contribution in [0.3, 0.4) is 0 Å². The molecule has 1 N–H and O–H groups in total. The van der Waals surface area contributed by atoms with Crippen LogP contribution in [-0.4, -0.2) is 28.6 Å². The van der Waals surface area contributed by atoms with Crippen LogP contribution in [0.4, 0.5) is 5.82 Å². The van der Waals surface area contributed by atoms with Gasteiger partial charge in [0, 0.05) is 31.3 Å². The Labute approximate surface area is 120 Å². The Balaban J connectivity index is 2.17. The van der Waals surface area contributed by atoms with Crippen LogP contribution in [0.1, 0.15) is 19.2 Å². The Morgan fingerprint density at radius 2 is 2.32 bits per heavy atom. The van der Waals surface area contributed by atoms with Crippen LogP contribution in [0.15, 0.2) is 27.0 Å². The van der Waals surface area contributed by atoms with E-state index in [2.05, 4.69) is 27.2 Å². The van der Waals surface area contributed by atoms with E-state index in [0.717, 1.165) is 28.1 Å². The van der Waals surface area contributed by atoms with Crippen LogP contribution in [0.2, 0.25) is 0 Å². The van der Waals surface area contributed by atoms with Crippen LogP contribution in [-0.2, 0) is 11.3 Å². The third kappa shape index (κ3) is 4.45. The van der Waals surface area contributed by atoms with Crippen molar-refractivity contribution in [3.63, 3.8) is 0 Å². The molecule has 0 fully saturated rings. The molecule has 7 heteroatoms. The second-order valence-electron chi connectivity index (χ2n) is 3.77. The third-order valence-corrected chi connectivity index (χ3v) is 3.98. The molecule has 2 aromatic heterocycles. The number of ether oxygens (including phenoxy) is 1. The molecule has 0 atom stereocenters. The van der Waals surface area contributed by atoms with Crippen LogP contribution in [0, 0.1) is 0 Å². The molecule has 5 nitrogen and oxygen atoms in total. The van der Waals surface area contributed by atoms with Gasteiger partial charge in [-0.2, -0.15) is 0 Å². The minimum absolute atomic E-state index is 0.410. The van der Waals surface area contributed by atoms with Crippen molar-refractivity contribution in [2.24, 2.45) is 0 Å². The maximum absolute atomic E-state index is 5.10. The largest absolute Gasteiger partial charge is 0.377 e. The summed E-state index contributed by atoms with van der Waals surface area (Å²) in [4.78, 5) is 13.1. The van der Waals surface area contributed by atoms with Crippen LogP contribution in [0.5, 0.6) is 0 Å². The lowest BCUT2D eigenvalue weighted by atomic mass is 10.4. The second-order valence-corrected chi connectivity index (χ2v) is 5.93. The monoisotopic (exact) mass is 296 g/mol. The Kier molecular flexibility index (Phi) is 5.56. The van der Waals surface area contributed by atoms with Gasteiger partial charge in [0.25, 0.3) is 0 Å². The van der Waals surface area contributed by atoms with E-state index in [1.807, 2.05) is 11.4 Å². The number of anilines is 1. The predicted molar refractivity (Wildman–Crippen MR) is 77.8 cm³/mol. The quantitative estimate of drug-likeness (QED) is 0.792. The summed E-state index contributed by atoms with van der Waals surface area (Å²) in [5.41, 5.74) is 0. The molecular weight excluding hydrogens is 280 g/mol. The van der Waals surface area contributed by atoms with E-state index >= 15 is 0 Å². The molecule has 0 unspecified atom stereocenters. The van der Waals surface area contributed by atoms with Crippen molar-refractivity contribution in [2.45, 2.75) is 29.3 Å². The zero-order valence-corrected chi connectivity index (χ0v) is 12.6. The SMILES string of the molecule is CCCNc1cc(Sc2nccs2)nc(COC)n1. The number of aromatic nitrogens is 3. The second kappa shape index (κ2) is 7.42. The van der Waals surface area contributed by atoms with Crippen molar-refractivity contribution in [1.29, 1.82) is 0 Å². The Morgan fingerprint density at radius 1 is 1.42 bits per heavy atom. The van der Waals surface area contributed by atoms with E-state index in [0.29, 0.717) is 12.4 Å². The minimum atomic E-state index is 0.410. The summed E-state index contributed by atoms with van der Waals surface area (Å²) < 4.78 is 6.08. The van der Waals surface area contributed by atoms with Gasteiger partial charge in [-0.1, -0.05) is 6.92 Å². The summed E-state index contributed by atoms with van der Waals surface area (Å²) in [5.74, 6) is 1.52. The van der Waals surface area contributed by atoms with Gasteiger partial charge in [-0.05, 0) is 18.2 Å². The maximum atomic E-state index is 5.10. The standard InChI is InChI=1S/C12H16N4OS2/c1-3-4-13-9-7-11(16-10(15-9)8-17-2)19-12-14-5-6-18-12/h5-7H,3-4,8H2,1-2H3,(H,13,15,16). The minimum Gasteiger partial charge on any atom is -0.377 e. The fraction of sp³-hybridized carbons (Fsp3) is 0.417. The van der Waals surface area contributed by atoms with Crippen molar-refractivity contribution in [3.05, 3.63) is 23.5 Å². The molecule has 0 aliphatic carbocycles. The molecule has 0 spiro atoms. The number of hydrogen-bond donors (Lipinski definition) is 1. The molecule has 2 heterocycles. The molecule has 0 radical (unpaired) electrons. The van der Waals surface area contributed by atoms with Gasteiger partial charge in [-0.15, -0.1) is 11.3 Å². The maximum Gasteiger partial charge on any atom is 0.157 e. The first kappa shape index (κ1) is 14.2. The van der Waals surface area contributed by atoms with Gasteiger partial charge in [0.05, 0.1) is 0 Å². The highest BCUT2D eigenvalue weighted by Gasteiger charge is 2.07. The molecular formula is C12H16N4OS2. The van der Waals surface area contributed by atoms with Gasteiger partial charge in [0.15, 0.2) is 10.2 Å². The summed E-state index contributed by atoms with van der Waals surface area (Å²) in [6.45, 7) is 3.42. The first-order valence-corrected chi connectivity index (χ1v) is 7.69. The van der Waals surface area contributed by atoms with E-state index in [1.54, 1.807) is 36.4 Å². The zero-order chi connectivity index (χ0) is 13.5. The molecule has 0 amide bonds. The van der Waals surface area contributed by atoms with Crippen molar-refractivity contribution in [1.82, 2.24) is 15.0 Å². The van der Waals surface area contributed by atoms with Gasteiger partial charge in [-0.3, -0.25) is 0 Å². The van der Waals surface area contributed by atoms with E-state index in [4.69, 9.17) is 4.74 Å². The van der Waals surface area contributed by atoms with Crippen LogP contribution < -0.4 is 5.32 Å². The first-order chi connectivity index (χ1) is 9.31. The van der Waals surface area contributed by atoms with Crippen molar-refractivity contribution < 1.29 is 4.74 Å². The van der Waals surface area contributed by atoms with Crippen molar-refractivity contribution >= 4 is 28.9 Å². The van der Waals surface area contributed by atoms with E-state index < -0.39 is 0 Å². The highest BCUT2D eigenvalue weighted by atomic mass is 32.2. The average molecular weight is 296 g/mol. The number of thiazole rings is 1. The molecule has 0 aliphatic rings. The normalized spacial score (nSPS) is 10.6. The van der Waals surface area contributed by atoms with Crippen LogP contribution in [0.25, 0.3) is 0 Å². The van der Waals surface area contributed by atoms with Gasteiger partial charge < -0.3 is 10.1 Å². The van der Waals surface area contributed by atoms with E-state index in [1.165, 1.54) is 0 Å². The molecule has 0 aromatic carbocycles. The molecule has 0 bridgehead atoms. The lowest BCUT2D eigenvalue weighted by Crippen LogP contribution is -2.06. The molecule has 2 rings (SSSR count). The van der Waals surface area contributed by atoms with E-state index in [9.17, 15) is 0 Å². The van der Waals surface area contributed by atoms with Gasteiger partial charge in [0.1, 0.15) is 17.5 Å². The van der Waals surface area contributed by atoms with Gasteiger partial charge in [-0.25, -0.2) is 15.0 Å².